The average Bonchev–Trinajstić information content (AvgIpc) is 3.24. The van der Waals surface area contributed by atoms with Gasteiger partial charge in [-0.2, -0.15) is 0 Å². The molecule has 1 fully saturated rings. The van der Waals surface area contributed by atoms with Crippen LogP contribution in [-0.2, 0) is 21.2 Å². The summed E-state index contributed by atoms with van der Waals surface area (Å²) in [7, 11) is 0. The third-order valence-corrected chi connectivity index (χ3v) is 27.8. The van der Waals surface area contributed by atoms with Crippen LogP contribution in [0.15, 0.2) is 109 Å². The van der Waals surface area contributed by atoms with E-state index in [0.29, 0.717) is 9.67 Å². The quantitative estimate of drug-likeness (QED) is 0.298. The molecular weight excluding hydrogens is 577 g/mol. The standard InChI is InChI=1S/C13H9.C12H11Si.C6H12N.2ClH.Zr/c1-3-7-12-10(5-1)9-11-6-2-4-8-13(11)12;1-3-7-11(8-4-1)13-12-9-5-2-6-10-12;7-6-4-2-1-3-5-6;;;/h1-9H;1-10,13H;6-7H,1-5H2;2*1H;/q;;-1;;;+3/p-2. The molecule has 4 aromatic rings. The van der Waals surface area contributed by atoms with Gasteiger partial charge >= 0.3 is 214 Å². The Balaban J connectivity index is 0.00000152. The molecule has 1 nitrogen and oxygen atoms in total. The van der Waals surface area contributed by atoms with Gasteiger partial charge < -0.3 is 24.8 Å². The summed E-state index contributed by atoms with van der Waals surface area (Å²) in [5, 5.41) is 3.24. The fraction of sp³-hybridized carbons (Fsp3) is 0.226. The zero-order chi connectivity index (χ0) is 22.7. The number of rotatable bonds is 6. The van der Waals surface area contributed by atoms with Crippen LogP contribution in [0.2, 0.25) is 0 Å². The van der Waals surface area contributed by atoms with Crippen molar-refractivity contribution in [2.24, 2.45) is 0 Å². The van der Waals surface area contributed by atoms with Gasteiger partial charge in [-0.3, -0.25) is 0 Å². The van der Waals surface area contributed by atoms with Crippen molar-refractivity contribution in [1.29, 1.82) is 0 Å². The maximum absolute atomic E-state index is 4.54. The molecule has 4 aromatic carbocycles. The van der Waals surface area contributed by atoms with E-state index in [9.17, 15) is 0 Å². The predicted molar refractivity (Wildman–Crippen MR) is 143 cm³/mol. The van der Waals surface area contributed by atoms with Crippen molar-refractivity contribution >= 4 is 16.3 Å². The van der Waals surface area contributed by atoms with Crippen LogP contribution in [0.5, 0.6) is 0 Å². The Labute approximate surface area is 237 Å². The SMILES string of the molecule is [Cl-].[Cl-].c1ccc([SiH](c2ccccc2)[Zr+2]([NH]C2CCCCC2)[CH]2c3ccccc3-c3ccccc32)cc1. The van der Waals surface area contributed by atoms with Gasteiger partial charge in [0.25, 0.3) is 0 Å². The molecule has 2 aliphatic rings. The van der Waals surface area contributed by atoms with E-state index in [1.54, 1.807) is 21.5 Å². The molecule has 0 radical (unpaired) electrons. The summed E-state index contributed by atoms with van der Waals surface area (Å²) >= 11 is -2.31. The number of hydrogen-bond acceptors (Lipinski definition) is 1. The molecule has 6 rings (SSSR count). The number of halogens is 2. The summed E-state index contributed by atoms with van der Waals surface area (Å²) < 4.78 is 5.11. The topological polar surface area (TPSA) is 12.0 Å². The van der Waals surface area contributed by atoms with Crippen LogP contribution in [0, 0.1) is 0 Å². The molecule has 0 spiro atoms. The second-order valence-electron chi connectivity index (χ2n) is 9.80. The summed E-state index contributed by atoms with van der Waals surface area (Å²) in [6.45, 7) is 0. The van der Waals surface area contributed by atoms with Gasteiger partial charge in [0.1, 0.15) is 0 Å². The molecule has 5 heteroatoms. The van der Waals surface area contributed by atoms with E-state index < -0.39 is 27.1 Å². The van der Waals surface area contributed by atoms with Crippen molar-refractivity contribution in [3.8, 4) is 11.1 Å². The molecule has 0 amide bonds. The van der Waals surface area contributed by atoms with Crippen LogP contribution in [0.3, 0.4) is 0 Å². The molecular formula is C31H32Cl2NSiZr. The van der Waals surface area contributed by atoms with Gasteiger partial charge in [-0.15, -0.1) is 0 Å². The third kappa shape index (κ3) is 5.52. The van der Waals surface area contributed by atoms with Crippen LogP contribution in [-0.4, -0.2) is 12.0 Å². The Morgan fingerprint density at radius 3 is 1.50 bits per heavy atom. The van der Waals surface area contributed by atoms with Gasteiger partial charge in [0, 0.05) is 0 Å². The molecule has 0 heterocycles. The van der Waals surface area contributed by atoms with Crippen molar-refractivity contribution in [3.63, 3.8) is 0 Å². The van der Waals surface area contributed by atoms with Crippen molar-refractivity contribution in [3.05, 3.63) is 120 Å². The zero-order valence-corrected chi connectivity index (χ0v) is 25.5. The Kier molecular flexibility index (Phi) is 9.84. The molecule has 1 N–H and O–H groups in total. The Morgan fingerprint density at radius 1 is 0.556 bits per heavy atom. The fourth-order valence-corrected chi connectivity index (χ4v) is 29.5. The average molecular weight is 609 g/mol. The fourth-order valence-electron chi connectivity index (χ4n) is 6.15. The molecule has 0 aliphatic heterocycles. The van der Waals surface area contributed by atoms with E-state index in [1.165, 1.54) is 43.2 Å². The van der Waals surface area contributed by atoms with Crippen molar-refractivity contribution in [1.82, 2.24) is 3.26 Å². The van der Waals surface area contributed by atoms with Crippen LogP contribution in [0.4, 0.5) is 0 Å². The molecule has 1 saturated carbocycles. The summed E-state index contributed by atoms with van der Waals surface area (Å²) in [6.07, 6.45) is 6.88. The maximum atomic E-state index is 4.54. The normalized spacial score (nSPS) is 14.9. The predicted octanol–water partition coefficient (Wildman–Crippen LogP) is -0.242. The van der Waals surface area contributed by atoms with Crippen LogP contribution < -0.4 is 38.4 Å². The van der Waals surface area contributed by atoms with Crippen LogP contribution >= 0.6 is 0 Å². The Morgan fingerprint density at radius 2 is 1.00 bits per heavy atom. The monoisotopic (exact) mass is 606 g/mol. The number of nitrogens with one attached hydrogen (secondary N) is 1. The van der Waals surface area contributed by atoms with Gasteiger partial charge in [-0.1, -0.05) is 0 Å². The zero-order valence-electron chi connectivity index (χ0n) is 20.4. The second kappa shape index (κ2) is 12.9. The Hall–Kier alpha value is -1.48. The number of fused-ring (bicyclic) bond motifs is 3. The van der Waals surface area contributed by atoms with E-state index in [2.05, 4.69) is 112 Å². The molecule has 0 saturated heterocycles. The van der Waals surface area contributed by atoms with E-state index >= 15 is 0 Å². The molecule has 0 atom stereocenters. The molecule has 0 aromatic heterocycles. The summed E-state index contributed by atoms with van der Waals surface area (Å²) in [5.41, 5.74) is 6.12. The second-order valence-corrected chi connectivity index (χ2v) is 24.3. The van der Waals surface area contributed by atoms with Crippen molar-refractivity contribution in [2.75, 3.05) is 0 Å². The first-order chi connectivity index (χ1) is 16.9. The number of hydrogen-bond donors (Lipinski definition) is 1. The summed E-state index contributed by atoms with van der Waals surface area (Å²) in [4.78, 5) is 0. The van der Waals surface area contributed by atoms with Gasteiger partial charge in [0.05, 0.1) is 0 Å². The first kappa shape index (κ1) is 27.6. The van der Waals surface area contributed by atoms with E-state index in [1.807, 2.05) is 0 Å². The van der Waals surface area contributed by atoms with Gasteiger partial charge in [-0.25, -0.2) is 0 Å². The molecule has 183 valence electrons. The molecule has 36 heavy (non-hydrogen) atoms. The molecule has 0 unspecified atom stereocenters. The van der Waals surface area contributed by atoms with E-state index in [0.717, 1.165) is 0 Å². The molecule has 2 aliphatic carbocycles. The first-order valence-electron chi connectivity index (χ1n) is 12.8. The first-order valence-corrected chi connectivity index (χ1v) is 21.5. The van der Waals surface area contributed by atoms with E-state index in [4.69, 9.17) is 0 Å². The van der Waals surface area contributed by atoms with Gasteiger partial charge in [0.15, 0.2) is 0 Å². The van der Waals surface area contributed by atoms with Gasteiger partial charge in [-0.05, 0) is 0 Å². The Bertz CT molecular complexity index is 1160. The molecule has 0 bridgehead atoms. The minimum absolute atomic E-state index is 0. The van der Waals surface area contributed by atoms with Crippen LogP contribution in [0.1, 0.15) is 46.9 Å². The van der Waals surface area contributed by atoms with Gasteiger partial charge in [0.2, 0.25) is 0 Å². The van der Waals surface area contributed by atoms with Crippen molar-refractivity contribution < 1.29 is 46.0 Å². The van der Waals surface area contributed by atoms with Crippen molar-refractivity contribution in [2.45, 2.75) is 41.8 Å². The third-order valence-electron chi connectivity index (χ3n) is 7.70. The summed E-state index contributed by atoms with van der Waals surface area (Å²) in [5.74, 6) is -1.42. The van der Waals surface area contributed by atoms with E-state index in [-0.39, 0.29) is 24.8 Å². The number of benzene rings is 4. The summed E-state index contributed by atoms with van der Waals surface area (Å²) in [6, 6.07) is 42.4. The minimum atomic E-state index is -2.31. The van der Waals surface area contributed by atoms with Crippen LogP contribution in [0.25, 0.3) is 11.1 Å².